The Balaban J connectivity index is 3.64. The van der Waals surface area contributed by atoms with Gasteiger partial charge in [0.1, 0.15) is 0 Å². The predicted octanol–water partition coefficient (Wildman–Crippen LogP) is 0.939. The van der Waals surface area contributed by atoms with Gasteiger partial charge in [0.05, 0.1) is 11.5 Å². The van der Waals surface area contributed by atoms with E-state index in [0.29, 0.717) is 19.3 Å². The molecule has 0 rings (SSSR count). The first-order valence-electron chi connectivity index (χ1n) is 3.77. The van der Waals surface area contributed by atoms with Crippen molar-refractivity contribution in [2.24, 2.45) is 0 Å². The Morgan fingerprint density at radius 3 is 2.50 bits per heavy atom. The minimum atomic E-state index is -3.99. The molecule has 0 bridgehead atoms. The second-order valence-corrected chi connectivity index (χ2v) is 3.83. The van der Waals surface area contributed by atoms with Crippen LogP contribution in [0, 0.1) is 0 Å². The molecule has 0 radical (unpaired) electrons. The zero-order chi connectivity index (χ0) is 9.61. The highest BCUT2D eigenvalue weighted by molar-refractivity contribution is 7.88. The van der Waals surface area contributed by atoms with Crippen molar-refractivity contribution < 1.29 is 18.1 Å². The van der Waals surface area contributed by atoms with Crippen LogP contribution in [0.15, 0.2) is 11.5 Å². The van der Waals surface area contributed by atoms with E-state index in [9.17, 15) is 8.42 Å². The number of hydrogen-bond acceptors (Lipinski definition) is 3. The third-order valence-corrected chi connectivity index (χ3v) is 1.94. The van der Waals surface area contributed by atoms with E-state index in [1.54, 1.807) is 0 Å². The normalized spacial score (nSPS) is 15.2. The minimum Gasteiger partial charge on any atom is -0.393 e. The summed E-state index contributed by atoms with van der Waals surface area (Å²) in [7, 11) is -3.99. The third kappa shape index (κ3) is 7.71. The van der Waals surface area contributed by atoms with E-state index in [1.165, 1.54) is 6.08 Å². The molecule has 0 aromatic rings. The molecule has 0 saturated carbocycles. The van der Waals surface area contributed by atoms with Crippen LogP contribution in [0.4, 0.5) is 0 Å². The zero-order valence-electron chi connectivity index (χ0n) is 6.97. The number of rotatable bonds is 5. The Morgan fingerprint density at radius 2 is 2.08 bits per heavy atom. The van der Waals surface area contributed by atoms with Crippen molar-refractivity contribution >= 4 is 10.1 Å². The summed E-state index contributed by atoms with van der Waals surface area (Å²) in [6, 6.07) is 0. The van der Waals surface area contributed by atoms with Crippen LogP contribution >= 0.6 is 0 Å². The van der Waals surface area contributed by atoms with Crippen LogP contribution in [0.5, 0.6) is 0 Å². The van der Waals surface area contributed by atoms with Gasteiger partial charge in [-0.2, -0.15) is 8.42 Å². The van der Waals surface area contributed by atoms with Gasteiger partial charge in [0.2, 0.25) is 0 Å². The van der Waals surface area contributed by atoms with Crippen LogP contribution in [0.3, 0.4) is 0 Å². The van der Waals surface area contributed by atoms with Crippen LogP contribution in [-0.2, 0) is 10.1 Å². The Kier molecular flexibility index (Phi) is 5.12. The van der Waals surface area contributed by atoms with Gasteiger partial charge in [-0.05, 0) is 19.3 Å². The summed E-state index contributed by atoms with van der Waals surface area (Å²) in [6.07, 6.45) is 2.56. The van der Waals surface area contributed by atoms with E-state index in [1.807, 2.05) is 6.92 Å². The van der Waals surface area contributed by atoms with Gasteiger partial charge in [-0.15, -0.1) is 0 Å². The molecule has 1 atom stereocenters. The van der Waals surface area contributed by atoms with E-state index in [0.717, 1.165) is 5.41 Å². The maximum Gasteiger partial charge on any atom is 0.287 e. The second-order valence-electron chi connectivity index (χ2n) is 2.53. The number of allylic oxidation sites excluding steroid dienone is 1. The summed E-state index contributed by atoms with van der Waals surface area (Å²) in [5.74, 6) is 0. The fourth-order valence-electron chi connectivity index (χ4n) is 0.682. The monoisotopic (exact) mass is 194 g/mol. The fourth-order valence-corrected chi connectivity index (χ4v) is 1.06. The van der Waals surface area contributed by atoms with Gasteiger partial charge in [-0.3, -0.25) is 4.55 Å². The first kappa shape index (κ1) is 11.6. The maximum absolute atomic E-state index is 10.2. The van der Waals surface area contributed by atoms with Crippen molar-refractivity contribution in [1.82, 2.24) is 0 Å². The maximum atomic E-state index is 10.2. The summed E-state index contributed by atoms with van der Waals surface area (Å²) in [6.45, 7) is 1.84. The first-order valence-corrected chi connectivity index (χ1v) is 5.28. The molecule has 0 aromatic heterocycles. The molecule has 0 aromatic carbocycles. The van der Waals surface area contributed by atoms with Crippen molar-refractivity contribution in [2.45, 2.75) is 32.3 Å². The molecule has 12 heavy (non-hydrogen) atoms. The highest BCUT2D eigenvalue weighted by Crippen LogP contribution is 2.02. The summed E-state index contributed by atoms with van der Waals surface area (Å²) in [4.78, 5) is 0. The van der Waals surface area contributed by atoms with Crippen molar-refractivity contribution in [2.75, 3.05) is 0 Å². The highest BCUT2D eigenvalue weighted by atomic mass is 32.2. The predicted molar refractivity (Wildman–Crippen MR) is 46.2 cm³/mol. The van der Waals surface area contributed by atoms with Gasteiger partial charge in [0, 0.05) is 0 Å². The second kappa shape index (κ2) is 5.29. The van der Waals surface area contributed by atoms with E-state index >= 15 is 0 Å². The van der Waals surface area contributed by atoms with Crippen LogP contribution in [0.25, 0.3) is 0 Å². The van der Waals surface area contributed by atoms with Crippen molar-refractivity contribution in [3.63, 3.8) is 0 Å². The van der Waals surface area contributed by atoms with E-state index < -0.39 is 16.2 Å². The van der Waals surface area contributed by atoms with Gasteiger partial charge in [0.25, 0.3) is 10.1 Å². The molecule has 0 spiro atoms. The van der Waals surface area contributed by atoms with Gasteiger partial charge >= 0.3 is 0 Å². The minimum absolute atomic E-state index is 0.393. The largest absolute Gasteiger partial charge is 0.393 e. The number of hydrogen-bond donors (Lipinski definition) is 2. The SMILES string of the molecule is CCC(O)CCC=CS(=O)(=O)O. The number of aliphatic hydroxyl groups is 1. The van der Waals surface area contributed by atoms with Crippen molar-refractivity contribution in [1.29, 1.82) is 0 Å². The highest BCUT2D eigenvalue weighted by Gasteiger charge is 1.98. The lowest BCUT2D eigenvalue weighted by Crippen LogP contribution is -2.02. The average Bonchev–Trinajstić information content (AvgIpc) is 1.96. The zero-order valence-corrected chi connectivity index (χ0v) is 7.79. The smallest absolute Gasteiger partial charge is 0.287 e. The lowest BCUT2D eigenvalue weighted by atomic mass is 10.1. The molecule has 72 valence electrons. The summed E-state index contributed by atoms with van der Waals surface area (Å²) in [5.41, 5.74) is 0. The molecule has 0 aliphatic carbocycles. The van der Waals surface area contributed by atoms with Gasteiger partial charge in [0.15, 0.2) is 0 Å². The summed E-state index contributed by atoms with van der Waals surface area (Å²) < 4.78 is 28.6. The number of aliphatic hydroxyl groups excluding tert-OH is 1. The lowest BCUT2D eigenvalue weighted by Gasteiger charge is -2.02. The molecule has 0 saturated heterocycles. The summed E-state index contributed by atoms with van der Waals surface area (Å²) in [5, 5.41) is 9.77. The molecule has 0 amide bonds. The standard InChI is InChI=1S/C7H14O4S/c1-2-7(8)5-3-4-6-12(9,10)11/h4,6-8H,2-3,5H2,1H3,(H,9,10,11). The van der Waals surface area contributed by atoms with Crippen LogP contribution in [0.1, 0.15) is 26.2 Å². The van der Waals surface area contributed by atoms with Gasteiger partial charge < -0.3 is 5.11 Å². The van der Waals surface area contributed by atoms with Gasteiger partial charge in [-0.25, -0.2) is 0 Å². The Hall–Kier alpha value is -0.390. The lowest BCUT2D eigenvalue weighted by molar-refractivity contribution is 0.161. The molecule has 0 aliphatic heterocycles. The molecule has 0 heterocycles. The molecule has 5 heteroatoms. The molecule has 2 N–H and O–H groups in total. The fraction of sp³-hybridized carbons (Fsp3) is 0.714. The van der Waals surface area contributed by atoms with E-state index in [4.69, 9.17) is 9.66 Å². The molecular weight excluding hydrogens is 180 g/mol. The van der Waals surface area contributed by atoms with Crippen LogP contribution in [-0.4, -0.2) is 24.2 Å². The molecule has 1 unspecified atom stereocenters. The first-order chi connectivity index (χ1) is 5.45. The summed E-state index contributed by atoms with van der Waals surface area (Å²) >= 11 is 0. The van der Waals surface area contributed by atoms with Crippen molar-refractivity contribution in [3.8, 4) is 0 Å². The Labute approximate surface area is 72.7 Å². The van der Waals surface area contributed by atoms with Gasteiger partial charge in [-0.1, -0.05) is 13.0 Å². The molecule has 0 aliphatic rings. The quantitative estimate of drug-likeness (QED) is 0.639. The molecule has 0 fully saturated rings. The van der Waals surface area contributed by atoms with Crippen LogP contribution in [0.2, 0.25) is 0 Å². The molecule has 4 nitrogen and oxygen atoms in total. The average molecular weight is 194 g/mol. The van der Waals surface area contributed by atoms with E-state index in [2.05, 4.69) is 0 Å². The van der Waals surface area contributed by atoms with Crippen LogP contribution < -0.4 is 0 Å². The third-order valence-electron chi connectivity index (χ3n) is 1.41. The molecular formula is C7H14O4S. The topological polar surface area (TPSA) is 74.6 Å². The Bertz CT molecular complexity index is 230. The Morgan fingerprint density at radius 1 is 1.50 bits per heavy atom. The van der Waals surface area contributed by atoms with E-state index in [-0.39, 0.29) is 0 Å². The van der Waals surface area contributed by atoms with Crippen molar-refractivity contribution in [3.05, 3.63) is 11.5 Å².